The summed E-state index contributed by atoms with van der Waals surface area (Å²) in [6.45, 7) is 6.90. The Morgan fingerprint density at radius 3 is 2.25 bits per heavy atom. The summed E-state index contributed by atoms with van der Waals surface area (Å²) in [5.74, 6) is 1.28. The minimum absolute atomic E-state index is 0.0814. The van der Waals surface area contributed by atoms with Gasteiger partial charge in [0.05, 0.1) is 12.0 Å². The molecule has 9 nitrogen and oxygen atoms in total. The van der Waals surface area contributed by atoms with Crippen LogP contribution in [-0.2, 0) is 0 Å². The van der Waals surface area contributed by atoms with E-state index in [1.807, 2.05) is 4.90 Å². The Hall–Kier alpha value is -3.88. The quantitative estimate of drug-likeness (QED) is 0.421. The van der Waals surface area contributed by atoms with Gasteiger partial charge in [-0.25, -0.2) is 4.98 Å². The van der Waals surface area contributed by atoms with Crippen molar-refractivity contribution in [2.45, 2.75) is 13.8 Å². The van der Waals surface area contributed by atoms with Gasteiger partial charge in [0.2, 0.25) is 5.82 Å². The molecule has 3 aromatic rings. The zero-order chi connectivity index (χ0) is 22.7. The second kappa shape index (κ2) is 9.09. The van der Waals surface area contributed by atoms with Crippen LogP contribution in [0.1, 0.15) is 11.1 Å². The van der Waals surface area contributed by atoms with E-state index in [1.54, 1.807) is 31.4 Å². The molecule has 32 heavy (non-hydrogen) atoms. The number of benzene rings is 2. The highest BCUT2D eigenvalue weighted by atomic mass is 16.6. The van der Waals surface area contributed by atoms with Crippen molar-refractivity contribution in [3.05, 3.63) is 70.0 Å². The van der Waals surface area contributed by atoms with Crippen LogP contribution in [-0.4, -0.2) is 48.2 Å². The Labute approximate surface area is 186 Å². The first-order chi connectivity index (χ1) is 15.5. The Morgan fingerprint density at radius 1 is 0.938 bits per heavy atom. The van der Waals surface area contributed by atoms with Crippen molar-refractivity contribution >= 4 is 17.2 Å². The summed E-state index contributed by atoms with van der Waals surface area (Å²) in [7, 11) is 1.57. The molecule has 1 aliphatic heterocycles. The van der Waals surface area contributed by atoms with Crippen molar-refractivity contribution in [1.29, 1.82) is 0 Å². The third kappa shape index (κ3) is 4.27. The normalized spacial score (nSPS) is 13.7. The highest BCUT2D eigenvalue weighted by Crippen LogP contribution is 2.37. The monoisotopic (exact) mass is 435 g/mol. The average Bonchev–Trinajstić information content (AvgIpc) is 2.81. The molecule has 0 N–H and O–H groups in total. The first kappa shape index (κ1) is 21.4. The Morgan fingerprint density at radius 2 is 1.59 bits per heavy atom. The van der Waals surface area contributed by atoms with Gasteiger partial charge in [0.1, 0.15) is 17.8 Å². The fraction of sp³-hybridized carbons (Fsp3) is 0.304. The molecule has 0 aliphatic carbocycles. The molecule has 166 valence electrons. The van der Waals surface area contributed by atoms with Gasteiger partial charge in [-0.15, -0.1) is 0 Å². The number of ether oxygens (including phenoxy) is 2. The Bertz CT molecular complexity index is 1110. The molecule has 4 rings (SSSR count). The van der Waals surface area contributed by atoms with E-state index in [2.05, 4.69) is 46.9 Å². The maximum atomic E-state index is 11.9. The average molecular weight is 435 g/mol. The zero-order valence-electron chi connectivity index (χ0n) is 18.3. The van der Waals surface area contributed by atoms with E-state index < -0.39 is 4.92 Å². The number of aryl methyl sites for hydroxylation is 1. The summed E-state index contributed by atoms with van der Waals surface area (Å²) in [5, 5.41) is 11.9. The first-order valence-electron chi connectivity index (χ1n) is 10.4. The summed E-state index contributed by atoms with van der Waals surface area (Å²) in [6.07, 6.45) is 1.30. The van der Waals surface area contributed by atoms with E-state index in [4.69, 9.17) is 9.47 Å². The molecular formula is C23H25N5O4. The van der Waals surface area contributed by atoms with Crippen molar-refractivity contribution in [3.8, 4) is 17.4 Å². The van der Waals surface area contributed by atoms with Crippen LogP contribution in [0.5, 0.6) is 17.4 Å². The van der Waals surface area contributed by atoms with Crippen LogP contribution in [0.25, 0.3) is 0 Å². The van der Waals surface area contributed by atoms with Crippen LogP contribution in [0.15, 0.2) is 48.8 Å². The second-order valence-electron chi connectivity index (χ2n) is 7.58. The minimum atomic E-state index is -0.481. The van der Waals surface area contributed by atoms with Gasteiger partial charge in [0.15, 0.2) is 0 Å². The molecule has 0 atom stereocenters. The molecule has 1 fully saturated rings. The molecule has 0 bridgehead atoms. The lowest BCUT2D eigenvalue weighted by Crippen LogP contribution is -2.47. The molecule has 0 radical (unpaired) electrons. The van der Waals surface area contributed by atoms with Crippen LogP contribution < -0.4 is 19.3 Å². The van der Waals surface area contributed by atoms with Crippen molar-refractivity contribution in [2.24, 2.45) is 0 Å². The van der Waals surface area contributed by atoms with Gasteiger partial charge in [0, 0.05) is 31.9 Å². The lowest BCUT2D eigenvalue weighted by molar-refractivity contribution is -0.385. The third-order valence-corrected chi connectivity index (χ3v) is 5.72. The molecule has 1 aliphatic rings. The fourth-order valence-electron chi connectivity index (χ4n) is 3.81. The van der Waals surface area contributed by atoms with E-state index in [0.717, 1.165) is 13.1 Å². The Balaban J connectivity index is 1.55. The summed E-state index contributed by atoms with van der Waals surface area (Å²) < 4.78 is 10.9. The number of nitro groups is 1. The van der Waals surface area contributed by atoms with Crippen LogP contribution in [0.4, 0.5) is 17.2 Å². The molecule has 2 aromatic carbocycles. The summed E-state index contributed by atoms with van der Waals surface area (Å²) in [4.78, 5) is 23.9. The SMILES string of the molecule is COc1ccc(Oc2ncnc(N3CCN(c4cccc(C)c4C)CC3)c2[N+](=O)[O-])cc1. The maximum Gasteiger partial charge on any atom is 0.373 e. The van der Waals surface area contributed by atoms with Gasteiger partial charge in [-0.1, -0.05) is 12.1 Å². The van der Waals surface area contributed by atoms with E-state index in [0.29, 0.717) is 24.6 Å². The number of nitrogens with zero attached hydrogens (tertiary/aromatic N) is 5. The molecule has 9 heteroatoms. The fourth-order valence-corrected chi connectivity index (χ4v) is 3.81. The van der Waals surface area contributed by atoms with Gasteiger partial charge in [-0.2, -0.15) is 4.98 Å². The highest BCUT2D eigenvalue weighted by Gasteiger charge is 2.31. The van der Waals surface area contributed by atoms with Gasteiger partial charge >= 0.3 is 11.6 Å². The highest BCUT2D eigenvalue weighted by molar-refractivity contribution is 5.65. The smallest absolute Gasteiger partial charge is 0.373 e. The van der Waals surface area contributed by atoms with Crippen molar-refractivity contribution in [2.75, 3.05) is 43.1 Å². The van der Waals surface area contributed by atoms with Gasteiger partial charge in [-0.05, 0) is 55.3 Å². The van der Waals surface area contributed by atoms with Gasteiger partial charge in [-0.3, -0.25) is 10.1 Å². The van der Waals surface area contributed by atoms with Crippen molar-refractivity contribution in [1.82, 2.24) is 9.97 Å². The number of rotatable bonds is 6. The number of piperazine rings is 1. The molecule has 1 saturated heterocycles. The molecule has 1 aromatic heterocycles. The van der Waals surface area contributed by atoms with Gasteiger partial charge in [0.25, 0.3) is 0 Å². The van der Waals surface area contributed by atoms with Crippen LogP contribution in [0, 0.1) is 24.0 Å². The largest absolute Gasteiger partial charge is 0.497 e. The number of hydrogen-bond donors (Lipinski definition) is 0. The standard InChI is InChI=1S/C23H25N5O4/c1-16-5-4-6-20(17(16)2)26-11-13-27(14-12-26)22-21(28(29)30)23(25-15-24-22)32-19-9-7-18(31-3)8-10-19/h4-10,15H,11-14H2,1-3H3. The number of aromatic nitrogens is 2. The zero-order valence-corrected chi connectivity index (χ0v) is 18.3. The number of hydrogen-bond acceptors (Lipinski definition) is 8. The Kier molecular flexibility index (Phi) is 6.07. The lowest BCUT2D eigenvalue weighted by Gasteiger charge is -2.37. The van der Waals surface area contributed by atoms with E-state index >= 15 is 0 Å². The van der Waals surface area contributed by atoms with E-state index in [9.17, 15) is 10.1 Å². The topological polar surface area (TPSA) is 93.9 Å². The van der Waals surface area contributed by atoms with Crippen molar-refractivity contribution < 1.29 is 14.4 Å². The molecule has 0 saturated carbocycles. The molecular weight excluding hydrogens is 410 g/mol. The number of methoxy groups -OCH3 is 1. The molecule has 0 unspecified atom stereocenters. The predicted octanol–water partition coefficient (Wildman–Crippen LogP) is 4.13. The maximum absolute atomic E-state index is 11.9. The van der Waals surface area contributed by atoms with Gasteiger partial charge < -0.3 is 19.3 Å². The van der Waals surface area contributed by atoms with Crippen LogP contribution in [0.3, 0.4) is 0 Å². The molecule has 2 heterocycles. The first-order valence-corrected chi connectivity index (χ1v) is 10.4. The summed E-state index contributed by atoms with van der Waals surface area (Å²) >= 11 is 0. The number of anilines is 2. The van der Waals surface area contributed by atoms with E-state index in [-0.39, 0.29) is 17.4 Å². The summed E-state index contributed by atoms with van der Waals surface area (Å²) in [6, 6.07) is 13.1. The van der Waals surface area contributed by atoms with Crippen molar-refractivity contribution in [3.63, 3.8) is 0 Å². The van der Waals surface area contributed by atoms with Crippen LogP contribution in [0.2, 0.25) is 0 Å². The van der Waals surface area contributed by atoms with E-state index in [1.165, 1.54) is 23.1 Å². The lowest BCUT2D eigenvalue weighted by atomic mass is 10.1. The summed E-state index contributed by atoms with van der Waals surface area (Å²) in [5.41, 5.74) is 3.47. The van der Waals surface area contributed by atoms with Crippen LogP contribution >= 0.6 is 0 Å². The minimum Gasteiger partial charge on any atom is -0.497 e. The molecule has 0 spiro atoms. The molecule has 0 amide bonds. The second-order valence-corrected chi connectivity index (χ2v) is 7.58. The third-order valence-electron chi connectivity index (χ3n) is 5.72. The predicted molar refractivity (Wildman–Crippen MR) is 122 cm³/mol.